The van der Waals surface area contributed by atoms with Crippen LogP contribution in [0, 0.1) is 11.8 Å². The maximum Gasteiger partial charge on any atom is 0.433 e. The molecule has 1 aliphatic rings. The van der Waals surface area contributed by atoms with E-state index in [1.165, 1.54) is 6.07 Å². The summed E-state index contributed by atoms with van der Waals surface area (Å²) in [5.41, 5.74) is -0.741. The lowest BCUT2D eigenvalue weighted by molar-refractivity contribution is -0.141. The van der Waals surface area contributed by atoms with Crippen molar-refractivity contribution < 1.29 is 18.3 Å². The third-order valence-corrected chi connectivity index (χ3v) is 4.21. The monoisotopic (exact) mass is 307 g/mol. The van der Waals surface area contributed by atoms with Crippen molar-refractivity contribution in [2.75, 3.05) is 0 Å². The molecule has 0 radical (unpaired) electrons. The molecule has 1 aliphatic carbocycles. The molecule has 3 atom stereocenters. The van der Waals surface area contributed by atoms with Crippen LogP contribution in [0.25, 0.3) is 0 Å². The van der Waals surface area contributed by atoms with E-state index in [4.69, 9.17) is 11.6 Å². The second kappa shape index (κ2) is 5.90. The molecule has 0 bridgehead atoms. The summed E-state index contributed by atoms with van der Waals surface area (Å²) in [5, 5.41) is 10.1. The normalized spacial score (nSPS) is 25.5. The highest BCUT2D eigenvalue weighted by atomic mass is 35.5. The average Bonchev–Trinajstić information content (AvgIpc) is 2.36. The zero-order valence-corrected chi connectivity index (χ0v) is 11.9. The molecule has 2 rings (SSSR count). The molecule has 0 aliphatic heterocycles. The van der Waals surface area contributed by atoms with Gasteiger partial charge in [-0.1, -0.05) is 37.4 Å². The summed E-state index contributed by atoms with van der Waals surface area (Å²) in [6.45, 7) is 2.12. The van der Waals surface area contributed by atoms with E-state index in [2.05, 4.69) is 11.9 Å². The molecule has 1 heterocycles. The largest absolute Gasteiger partial charge is 0.433 e. The number of hydrogen-bond acceptors (Lipinski definition) is 2. The summed E-state index contributed by atoms with van der Waals surface area (Å²) < 4.78 is 37.6. The van der Waals surface area contributed by atoms with Crippen LogP contribution in [0.3, 0.4) is 0 Å². The van der Waals surface area contributed by atoms with Crippen molar-refractivity contribution in [2.45, 2.75) is 44.9 Å². The van der Waals surface area contributed by atoms with Crippen LogP contribution in [0.2, 0.25) is 5.15 Å². The van der Waals surface area contributed by atoms with Crippen LogP contribution < -0.4 is 0 Å². The van der Waals surface area contributed by atoms with Crippen LogP contribution in [0.1, 0.15) is 50.0 Å². The SMILES string of the molecule is CC1CCCC(C(O)c2ccc(C(F)(F)F)nc2Cl)C1. The fraction of sp³-hybridized carbons (Fsp3) is 0.643. The van der Waals surface area contributed by atoms with Crippen LogP contribution in [-0.4, -0.2) is 10.1 Å². The van der Waals surface area contributed by atoms with Crippen molar-refractivity contribution in [1.29, 1.82) is 0 Å². The number of aliphatic hydroxyl groups is 1. The highest BCUT2D eigenvalue weighted by Gasteiger charge is 2.34. The third-order valence-electron chi connectivity index (χ3n) is 3.91. The van der Waals surface area contributed by atoms with Gasteiger partial charge in [-0.25, -0.2) is 4.98 Å². The Labute approximate surface area is 121 Å². The zero-order chi connectivity index (χ0) is 14.9. The predicted molar refractivity (Wildman–Crippen MR) is 70.3 cm³/mol. The molecular formula is C14H17ClF3NO. The van der Waals surface area contributed by atoms with Gasteiger partial charge in [0.1, 0.15) is 10.8 Å². The van der Waals surface area contributed by atoms with E-state index in [1.807, 2.05) is 0 Å². The molecule has 0 aromatic carbocycles. The van der Waals surface area contributed by atoms with Crippen molar-refractivity contribution in [3.8, 4) is 0 Å². The Kier molecular flexibility index (Phi) is 4.59. The Hall–Kier alpha value is -0.810. The van der Waals surface area contributed by atoms with Crippen LogP contribution >= 0.6 is 11.6 Å². The Balaban J connectivity index is 2.20. The maximum atomic E-state index is 12.5. The van der Waals surface area contributed by atoms with Crippen molar-refractivity contribution in [3.63, 3.8) is 0 Å². The molecule has 0 spiro atoms. The summed E-state index contributed by atoms with van der Waals surface area (Å²) in [4.78, 5) is 3.36. The van der Waals surface area contributed by atoms with Crippen LogP contribution in [-0.2, 0) is 6.18 Å². The second-order valence-corrected chi connectivity index (χ2v) is 5.91. The average molecular weight is 308 g/mol. The quantitative estimate of drug-likeness (QED) is 0.809. The first kappa shape index (κ1) is 15.6. The second-order valence-electron chi connectivity index (χ2n) is 5.55. The fourth-order valence-corrected chi connectivity index (χ4v) is 3.11. The van der Waals surface area contributed by atoms with Gasteiger partial charge < -0.3 is 5.11 Å². The molecule has 112 valence electrons. The van der Waals surface area contributed by atoms with E-state index in [0.717, 1.165) is 31.7 Å². The van der Waals surface area contributed by atoms with E-state index in [-0.39, 0.29) is 11.1 Å². The van der Waals surface area contributed by atoms with Gasteiger partial charge in [0.25, 0.3) is 0 Å². The lowest BCUT2D eigenvalue weighted by Crippen LogP contribution is -2.21. The molecule has 1 aromatic heterocycles. The number of alkyl halides is 3. The standard InChI is InChI=1S/C14H17ClF3NO/c1-8-3-2-4-9(7-8)12(20)10-5-6-11(14(16,17)18)19-13(10)15/h5-6,8-9,12,20H,2-4,7H2,1H3. The third kappa shape index (κ3) is 3.44. The molecule has 1 N–H and O–H groups in total. The Morgan fingerprint density at radius 3 is 2.60 bits per heavy atom. The smallest absolute Gasteiger partial charge is 0.388 e. The van der Waals surface area contributed by atoms with E-state index < -0.39 is 18.0 Å². The van der Waals surface area contributed by atoms with Gasteiger partial charge in [-0.15, -0.1) is 0 Å². The summed E-state index contributed by atoms with van der Waals surface area (Å²) in [5.74, 6) is 0.555. The topological polar surface area (TPSA) is 33.1 Å². The van der Waals surface area contributed by atoms with Crippen molar-refractivity contribution >= 4 is 11.6 Å². The number of nitrogens with zero attached hydrogens (tertiary/aromatic N) is 1. The van der Waals surface area contributed by atoms with Crippen molar-refractivity contribution in [3.05, 3.63) is 28.5 Å². The molecule has 2 nitrogen and oxygen atoms in total. The first-order chi connectivity index (χ1) is 9.29. The van der Waals surface area contributed by atoms with Crippen LogP contribution in [0.5, 0.6) is 0 Å². The predicted octanol–water partition coefficient (Wildman–Crippen LogP) is 4.61. The van der Waals surface area contributed by atoms with Gasteiger partial charge in [0.2, 0.25) is 0 Å². The summed E-state index contributed by atoms with van der Waals surface area (Å²) in [6, 6.07) is 2.11. The van der Waals surface area contributed by atoms with Gasteiger partial charge in [0.15, 0.2) is 0 Å². The van der Waals surface area contributed by atoms with E-state index in [9.17, 15) is 18.3 Å². The number of pyridine rings is 1. The first-order valence-corrected chi connectivity index (χ1v) is 7.08. The zero-order valence-electron chi connectivity index (χ0n) is 11.1. The highest BCUT2D eigenvalue weighted by Crippen LogP contribution is 2.39. The number of hydrogen-bond donors (Lipinski definition) is 1. The lowest BCUT2D eigenvalue weighted by Gasteiger charge is -2.30. The van der Waals surface area contributed by atoms with Crippen molar-refractivity contribution in [1.82, 2.24) is 4.98 Å². The van der Waals surface area contributed by atoms with E-state index in [0.29, 0.717) is 11.5 Å². The van der Waals surface area contributed by atoms with E-state index in [1.54, 1.807) is 0 Å². The van der Waals surface area contributed by atoms with Crippen LogP contribution in [0.15, 0.2) is 12.1 Å². The molecule has 1 saturated carbocycles. The Morgan fingerprint density at radius 2 is 2.05 bits per heavy atom. The number of halogens is 4. The first-order valence-electron chi connectivity index (χ1n) is 6.70. The fourth-order valence-electron chi connectivity index (χ4n) is 2.85. The van der Waals surface area contributed by atoms with Gasteiger partial charge in [0, 0.05) is 5.56 Å². The molecule has 0 amide bonds. The van der Waals surface area contributed by atoms with Crippen molar-refractivity contribution in [2.24, 2.45) is 11.8 Å². The number of aliphatic hydroxyl groups excluding tert-OH is 1. The van der Waals surface area contributed by atoms with Crippen LogP contribution in [0.4, 0.5) is 13.2 Å². The van der Waals surface area contributed by atoms with Gasteiger partial charge >= 0.3 is 6.18 Å². The lowest BCUT2D eigenvalue weighted by atomic mass is 9.78. The summed E-state index contributed by atoms with van der Waals surface area (Å²) in [7, 11) is 0. The summed E-state index contributed by atoms with van der Waals surface area (Å²) >= 11 is 5.81. The van der Waals surface area contributed by atoms with Gasteiger partial charge in [-0.05, 0) is 30.7 Å². The molecular weight excluding hydrogens is 291 g/mol. The number of aromatic nitrogens is 1. The van der Waals surface area contributed by atoms with Gasteiger partial charge in [-0.2, -0.15) is 13.2 Å². The Morgan fingerprint density at radius 1 is 1.35 bits per heavy atom. The summed E-state index contributed by atoms with van der Waals surface area (Å²) in [6.07, 6.45) is -1.50. The number of rotatable bonds is 2. The molecule has 1 aromatic rings. The Bertz CT molecular complexity index is 478. The highest BCUT2D eigenvalue weighted by molar-refractivity contribution is 6.30. The van der Waals surface area contributed by atoms with Gasteiger partial charge in [0.05, 0.1) is 6.10 Å². The molecule has 3 unspecified atom stereocenters. The molecule has 20 heavy (non-hydrogen) atoms. The van der Waals surface area contributed by atoms with Gasteiger partial charge in [-0.3, -0.25) is 0 Å². The molecule has 0 saturated heterocycles. The molecule has 6 heteroatoms. The maximum absolute atomic E-state index is 12.5. The van der Waals surface area contributed by atoms with E-state index >= 15 is 0 Å². The molecule has 1 fully saturated rings. The minimum absolute atomic E-state index is 0.0368. The minimum atomic E-state index is -4.52. The minimum Gasteiger partial charge on any atom is -0.388 e.